The van der Waals surface area contributed by atoms with Crippen LogP contribution in [0.2, 0.25) is 0 Å². The van der Waals surface area contributed by atoms with E-state index in [1.54, 1.807) is 7.11 Å². The molecule has 5 heteroatoms. The van der Waals surface area contributed by atoms with Gasteiger partial charge in [0, 0.05) is 26.8 Å². The highest BCUT2D eigenvalue weighted by Crippen LogP contribution is 2.43. The zero-order valence-electron chi connectivity index (χ0n) is 11.0. The minimum atomic E-state index is -0.510. The number of rotatable bonds is 4. The molecule has 0 aromatic heterocycles. The van der Waals surface area contributed by atoms with Gasteiger partial charge >= 0.3 is 0 Å². The van der Waals surface area contributed by atoms with Crippen LogP contribution in [0.1, 0.15) is 32.1 Å². The van der Waals surface area contributed by atoms with Crippen LogP contribution >= 0.6 is 12.2 Å². The molecule has 1 saturated heterocycles. The molecule has 1 saturated carbocycles. The molecule has 1 aliphatic heterocycles. The van der Waals surface area contributed by atoms with Crippen LogP contribution in [0.25, 0.3) is 0 Å². The molecule has 0 bridgehead atoms. The van der Waals surface area contributed by atoms with E-state index < -0.39 is 5.41 Å². The molecule has 2 N–H and O–H groups in total. The molecule has 2 fully saturated rings. The molecular formula is C13H22N2O2S. The smallest absolute Gasteiger partial charge is 0.235 e. The molecule has 2 rings (SSSR count). The Kier molecular flexibility index (Phi) is 4.22. The molecule has 0 aromatic carbocycles. The average molecular weight is 270 g/mol. The normalized spacial score (nSPS) is 23.5. The number of thiocarbonyl (C=S) groups is 1. The van der Waals surface area contributed by atoms with E-state index in [-0.39, 0.29) is 5.91 Å². The molecule has 1 aliphatic carbocycles. The number of nitrogens with two attached hydrogens (primary N) is 1. The lowest BCUT2D eigenvalue weighted by molar-refractivity contribution is -0.143. The first-order chi connectivity index (χ1) is 8.60. The Balaban J connectivity index is 1.93. The third-order valence-electron chi connectivity index (χ3n) is 4.39. The van der Waals surface area contributed by atoms with Crippen LogP contribution in [0, 0.1) is 11.3 Å². The molecule has 0 atom stereocenters. The Bertz CT molecular complexity index is 334. The fourth-order valence-corrected chi connectivity index (χ4v) is 3.23. The summed E-state index contributed by atoms with van der Waals surface area (Å²) < 4.78 is 5.17. The van der Waals surface area contributed by atoms with Gasteiger partial charge in [-0.25, -0.2) is 0 Å². The largest absolute Gasteiger partial charge is 0.392 e. The van der Waals surface area contributed by atoms with E-state index in [4.69, 9.17) is 22.7 Å². The molecule has 102 valence electrons. The third kappa shape index (κ3) is 2.38. The van der Waals surface area contributed by atoms with E-state index in [0.29, 0.717) is 10.9 Å². The minimum absolute atomic E-state index is 0.164. The van der Waals surface area contributed by atoms with E-state index in [9.17, 15) is 4.79 Å². The molecule has 0 unspecified atom stereocenters. The molecule has 18 heavy (non-hydrogen) atoms. The summed E-state index contributed by atoms with van der Waals surface area (Å²) in [6.45, 7) is 2.43. The van der Waals surface area contributed by atoms with E-state index in [1.807, 2.05) is 4.90 Å². The second kappa shape index (κ2) is 5.53. The SMILES string of the molecule is COCC1CCN(C(=O)C2(C(N)=S)CCC2)CC1. The average Bonchev–Trinajstić information content (AvgIpc) is 2.28. The van der Waals surface area contributed by atoms with Gasteiger partial charge in [0.2, 0.25) is 5.91 Å². The van der Waals surface area contributed by atoms with Crippen molar-refractivity contribution in [3.8, 4) is 0 Å². The first-order valence-electron chi connectivity index (χ1n) is 6.68. The van der Waals surface area contributed by atoms with Gasteiger partial charge in [0.1, 0.15) is 0 Å². The van der Waals surface area contributed by atoms with Gasteiger partial charge < -0.3 is 15.4 Å². The second-order valence-electron chi connectivity index (χ2n) is 5.49. The van der Waals surface area contributed by atoms with Crippen LogP contribution < -0.4 is 5.73 Å². The second-order valence-corrected chi connectivity index (χ2v) is 5.93. The number of piperidine rings is 1. The van der Waals surface area contributed by atoms with Crippen LogP contribution in [0.5, 0.6) is 0 Å². The molecule has 2 aliphatic rings. The van der Waals surface area contributed by atoms with Gasteiger partial charge in [-0.15, -0.1) is 0 Å². The van der Waals surface area contributed by atoms with Crippen LogP contribution in [-0.2, 0) is 9.53 Å². The Morgan fingerprint density at radius 2 is 2.06 bits per heavy atom. The van der Waals surface area contributed by atoms with Crippen molar-refractivity contribution in [1.82, 2.24) is 4.90 Å². The molecule has 4 nitrogen and oxygen atoms in total. The monoisotopic (exact) mass is 270 g/mol. The molecule has 0 spiro atoms. The van der Waals surface area contributed by atoms with Crippen molar-refractivity contribution in [1.29, 1.82) is 0 Å². The number of likely N-dealkylation sites (tertiary alicyclic amines) is 1. The summed E-state index contributed by atoms with van der Waals surface area (Å²) in [4.78, 5) is 14.9. The van der Waals surface area contributed by atoms with Gasteiger partial charge in [0.15, 0.2) is 0 Å². The summed E-state index contributed by atoms with van der Waals surface area (Å²) in [5, 5.41) is 0. The van der Waals surface area contributed by atoms with Gasteiger partial charge in [0.05, 0.1) is 10.4 Å². The van der Waals surface area contributed by atoms with Crippen molar-refractivity contribution in [2.24, 2.45) is 17.1 Å². The van der Waals surface area contributed by atoms with Crippen molar-refractivity contribution in [2.45, 2.75) is 32.1 Å². The molecule has 0 aromatic rings. The quantitative estimate of drug-likeness (QED) is 0.783. The minimum Gasteiger partial charge on any atom is -0.392 e. The lowest BCUT2D eigenvalue weighted by Gasteiger charge is -2.44. The summed E-state index contributed by atoms with van der Waals surface area (Å²) in [6, 6.07) is 0. The first kappa shape index (κ1) is 13.7. The number of hydrogen-bond donors (Lipinski definition) is 1. The molecule has 1 amide bonds. The van der Waals surface area contributed by atoms with Gasteiger partial charge in [0.25, 0.3) is 0 Å². The van der Waals surface area contributed by atoms with Gasteiger partial charge in [-0.3, -0.25) is 4.79 Å². The van der Waals surface area contributed by atoms with Crippen LogP contribution in [-0.4, -0.2) is 42.6 Å². The van der Waals surface area contributed by atoms with Gasteiger partial charge in [-0.2, -0.15) is 0 Å². The van der Waals surface area contributed by atoms with Crippen LogP contribution in [0.3, 0.4) is 0 Å². The first-order valence-corrected chi connectivity index (χ1v) is 7.09. The third-order valence-corrected chi connectivity index (χ3v) is 4.78. The maximum atomic E-state index is 12.5. The van der Waals surface area contributed by atoms with E-state index >= 15 is 0 Å². The topological polar surface area (TPSA) is 55.6 Å². The number of amides is 1. The highest BCUT2D eigenvalue weighted by atomic mass is 32.1. The predicted octanol–water partition coefficient (Wildman–Crippen LogP) is 1.33. The summed E-state index contributed by atoms with van der Waals surface area (Å²) in [5.41, 5.74) is 5.27. The fourth-order valence-electron chi connectivity index (χ4n) is 2.94. The zero-order valence-corrected chi connectivity index (χ0v) is 11.8. The highest BCUT2D eigenvalue weighted by Gasteiger charge is 2.49. The maximum Gasteiger partial charge on any atom is 0.235 e. The Hall–Kier alpha value is -0.680. The van der Waals surface area contributed by atoms with Crippen LogP contribution in [0.15, 0.2) is 0 Å². The van der Waals surface area contributed by atoms with Crippen molar-refractivity contribution in [3.63, 3.8) is 0 Å². The highest BCUT2D eigenvalue weighted by molar-refractivity contribution is 7.80. The molecule has 1 heterocycles. The summed E-state index contributed by atoms with van der Waals surface area (Å²) in [6.07, 6.45) is 4.77. The predicted molar refractivity (Wildman–Crippen MR) is 74.2 cm³/mol. The van der Waals surface area contributed by atoms with E-state index in [2.05, 4.69) is 0 Å². The van der Waals surface area contributed by atoms with Crippen LogP contribution in [0.4, 0.5) is 0 Å². The Morgan fingerprint density at radius 3 is 2.44 bits per heavy atom. The number of methoxy groups -OCH3 is 1. The van der Waals surface area contributed by atoms with Crippen molar-refractivity contribution in [2.75, 3.05) is 26.8 Å². The number of hydrogen-bond acceptors (Lipinski definition) is 3. The van der Waals surface area contributed by atoms with E-state index in [1.165, 1.54) is 0 Å². The zero-order chi connectivity index (χ0) is 13.2. The Morgan fingerprint density at radius 1 is 1.44 bits per heavy atom. The van der Waals surface area contributed by atoms with Gasteiger partial charge in [-0.05, 0) is 31.6 Å². The summed E-state index contributed by atoms with van der Waals surface area (Å²) >= 11 is 5.10. The number of carbonyl (C=O) groups excluding carboxylic acids is 1. The van der Waals surface area contributed by atoms with Crippen molar-refractivity contribution < 1.29 is 9.53 Å². The summed E-state index contributed by atoms with van der Waals surface area (Å²) in [5.74, 6) is 0.748. The van der Waals surface area contributed by atoms with Gasteiger partial charge in [-0.1, -0.05) is 18.6 Å². The standard InChI is InChI=1S/C13H22N2O2S/c1-17-9-10-3-7-15(8-4-10)12(16)13(11(14)18)5-2-6-13/h10H,2-9H2,1H3,(H2,14,18). The number of ether oxygens (including phenoxy) is 1. The Labute approximate surface area is 114 Å². The number of nitrogens with zero attached hydrogens (tertiary/aromatic N) is 1. The lowest BCUT2D eigenvalue weighted by Crippen LogP contribution is -2.56. The number of carbonyl (C=O) groups is 1. The summed E-state index contributed by atoms with van der Waals surface area (Å²) in [7, 11) is 1.73. The van der Waals surface area contributed by atoms with E-state index in [0.717, 1.165) is 51.8 Å². The van der Waals surface area contributed by atoms with Crippen molar-refractivity contribution in [3.05, 3.63) is 0 Å². The van der Waals surface area contributed by atoms with Crippen molar-refractivity contribution >= 4 is 23.1 Å². The maximum absolute atomic E-state index is 12.5. The fraction of sp³-hybridized carbons (Fsp3) is 0.846. The molecule has 0 radical (unpaired) electrons. The molecular weight excluding hydrogens is 248 g/mol. The lowest BCUT2D eigenvalue weighted by atomic mass is 9.67.